The molecule has 2 aromatic carbocycles. The van der Waals surface area contributed by atoms with E-state index in [4.69, 9.17) is 35.3 Å². The van der Waals surface area contributed by atoms with Gasteiger partial charge in [-0.2, -0.15) is 10.2 Å². The summed E-state index contributed by atoms with van der Waals surface area (Å²) in [5.41, 5.74) is 10.9. The molecule has 0 saturated heterocycles. The van der Waals surface area contributed by atoms with Crippen LogP contribution in [-0.4, -0.2) is 110 Å². The number of primary amides is 1. The number of hydrogen-bond donors (Lipinski definition) is 5. The van der Waals surface area contributed by atoms with Crippen LogP contribution in [0.15, 0.2) is 54.7 Å². The van der Waals surface area contributed by atoms with Crippen molar-refractivity contribution in [2.24, 2.45) is 5.73 Å². The number of aliphatic hydroxyl groups excluding tert-OH is 1. The number of ether oxygens (including phenoxy) is 2. The average Bonchev–Trinajstić information content (AvgIpc) is 4.08. The molecule has 21 heteroatoms. The van der Waals surface area contributed by atoms with Gasteiger partial charge in [0.15, 0.2) is 5.82 Å². The normalized spacial score (nSPS) is 11.5. The molecule has 0 fully saturated rings. The van der Waals surface area contributed by atoms with Crippen LogP contribution in [0.4, 0.5) is 5.95 Å². The van der Waals surface area contributed by atoms with E-state index in [-0.39, 0.29) is 76.1 Å². The van der Waals surface area contributed by atoms with Crippen LogP contribution in [-0.2, 0) is 35.8 Å². The van der Waals surface area contributed by atoms with Gasteiger partial charge in [0, 0.05) is 86.7 Å². The zero-order valence-corrected chi connectivity index (χ0v) is 38.3. The number of rotatable bonds is 24. The Balaban J connectivity index is 1.28. The third kappa shape index (κ3) is 10.7. The van der Waals surface area contributed by atoms with Crippen LogP contribution < -0.4 is 25.8 Å². The number of hydrogen-bond acceptors (Lipinski definition) is 13. The summed E-state index contributed by atoms with van der Waals surface area (Å²) >= 11 is 0. The fourth-order valence-electron chi connectivity index (χ4n) is 7.90. The second-order valence-corrected chi connectivity index (χ2v) is 16.0. The Morgan fingerprint density at radius 3 is 2.22 bits per heavy atom. The molecule has 356 valence electrons. The van der Waals surface area contributed by atoms with Crippen molar-refractivity contribution in [1.82, 2.24) is 49.0 Å². The Labute approximate surface area is 389 Å². The molecule has 21 nitrogen and oxygen atoms in total. The molecule has 5 heterocycles. The van der Waals surface area contributed by atoms with Crippen molar-refractivity contribution in [2.75, 3.05) is 31.7 Å². The molecule has 0 bridgehead atoms. The number of carbonyl (C=O) groups is 5. The Morgan fingerprint density at radius 2 is 1.51 bits per heavy atom. The number of nitrogens with zero attached hydrogens (tertiary/aromatic N) is 9. The lowest BCUT2D eigenvalue weighted by atomic mass is 10.1. The maximum atomic E-state index is 13.8. The Morgan fingerprint density at radius 1 is 0.809 bits per heavy atom. The van der Waals surface area contributed by atoms with Gasteiger partial charge in [0.25, 0.3) is 5.91 Å². The van der Waals surface area contributed by atoms with E-state index in [0.717, 1.165) is 5.69 Å². The minimum Gasteiger partial charge on any atom is -0.491 e. The number of fused-ring (bicyclic) bond motifs is 4. The van der Waals surface area contributed by atoms with Gasteiger partial charge in [-0.25, -0.2) is 15.0 Å². The molecule has 0 aliphatic rings. The SMILES string of the molecule is CCn1nc(C)cc1C(=O)Nc1nc2cc(C=O)cc(OCCCO)c2n1C/C=C/Cn1c2nc(-c3cc(C)nn3CC)ncc2c2cc(C(N)=O)cc(OCCCNC(=O)CCCC(=O)O)c21. The van der Waals surface area contributed by atoms with E-state index >= 15 is 0 Å². The van der Waals surface area contributed by atoms with Gasteiger partial charge < -0.3 is 39.9 Å². The molecule has 68 heavy (non-hydrogen) atoms. The highest BCUT2D eigenvalue weighted by atomic mass is 16.5. The lowest BCUT2D eigenvalue weighted by molar-refractivity contribution is -0.137. The lowest BCUT2D eigenvalue weighted by Crippen LogP contribution is -2.25. The van der Waals surface area contributed by atoms with Crippen LogP contribution in [0.25, 0.3) is 44.5 Å². The van der Waals surface area contributed by atoms with Crippen molar-refractivity contribution in [3.05, 3.63) is 83.0 Å². The summed E-state index contributed by atoms with van der Waals surface area (Å²) in [7, 11) is 0. The first-order valence-electron chi connectivity index (χ1n) is 22.4. The number of benzene rings is 2. The Bertz CT molecular complexity index is 3050. The molecule has 7 aromatic rings. The first-order valence-corrected chi connectivity index (χ1v) is 22.4. The van der Waals surface area contributed by atoms with Crippen molar-refractivity contribution in [3.8, 4) is 23.0 Å². The Hall–Kier alpha value is -7.94. The molecule has 0 radical (unpaired) electrons. The fourth-order valence-corrected chi connectivity index (χ4v) is 7.90. The van der Waals surface area contributed by atoms with Gasteiger partial charge in [0.05, 0.1) is 35.6 Å². The van der Waals surface area contributed by atoms with Crippen LogP contribution in [0, 0.1) is 13.8 Å². The number of aromatic nitrogens is 9. The van der Waals surface area contributed by atoms with Crippen LogP contribution in [0.2, 0.25) is 0 Å². The third-order valence-corrected chi connectivity index (χ3v) is 11.0. The minimum absolute atomic E-state index is 0.0858. The summed E-state index contributed by atoms with van der Waals surface area (Å²) in [4.78, 5) is 76.3. The van der Waals surface area contributed by atoms with E-state index in [1.807, 2.05) is 48.2 Å². The third-order valence-electron chi connectivity index (χ3n) is 11.0. The number of nitrogens with one attached hydrogen (secondary N) is 2. The second kappa shape index (κ2) is 21.6. The predicted molar refractivity (Wildman–Crippen MR) is 252 cm³/mol. The monoisotopic (exact) mass is 930 g/mol. The van der Waals surface area contributed by atoms with Gasteiger partial charge in [0.2, 0.25) is 17.8 Å². The summed E-state index contributed by atoms with van der Waals surface area (Å²) in [5, 5.41) is 34.4. The van der Waals surface area contributed by atoms with Crippen LogP contribution in [0.3, 0.4) is 0 Å². The number of aliphatic carboxylic acids is 1. The lowest BCUT2D eigenvalue weighted by Gasteiger charge is -2.13. The van der Waals surface area contributed by atoms with Gasteiger partial charge in [-0.05, 0) is 76.9 Å². The summed E-state index contributed by atoms with van der Waals surface area (Å²) in [6, 6.07) is 10.0. The van der Waals surface area contributed by atoms with Crippen molar-refractivity contribution < 1.29 is 43.7 Å². The molecule has 0 atom stereocenters. The summed E-state index contributed by atoms with van der Waals surface area (Å²) in [6.07, 6.45) is 7.13. The van der Waals surface area contributed by atoms with E-state index in [1.54, 1.807) is 52.7 Å². The van der Waals surface area contributed by atoms with Gasteiger partial charge in [0.1, 0.15) is 40.3 Å². The predicted octanol–water partition coefficient (Wildman–Crippen LogP) is 4.97. The number of nitrogens with two attached hydrogens (primary N) is 1. The van der Waals surface area contributed by atoms with Crippen LogP contribution in [0.5, 0.6) is 11.5 Å². The number of amides is 3. The number of imidazole rings is 1. The molecule has 3 amide bonds. The van der Waals surface area contributed by atoms with Crippen molar-refractivity contribution in [2.45, 2.75) is 86.0 Å². The smallest absolute Gasteiger partial charge is 0.303 e. The maximum Gasteiger partial charge on any atom is 0.303 e. The number of carbonyl (C=O) groups excluding carboxylic acids is 4. The molecule has 0 spiro atoms. The average molecular weight is 931 g/mol. The largest absolute Gasteiger partial charge is 0.491 e. The number of aryl methyl sites for hydroxylation is 4. The highest BCUT2D eigenvalue weighted by Crippen LogP contribution is 2.37. The topological polar surface area (TPSA) is 279 Å². The number of aliphatic hydroxyl groups is 1. The number of aldehydes is 1. The Kier molecular flexibility index (Phi) is 15.2. The molecule has 5 aromatic heterocycles. The van der Waals surface area contributed by atoms with E-state index < -0.39 is 17.8 Å². The minimum atomic E-state index is -0.965. The van der Waals surface area contributed by atoms with Gasteiger partial charge in [-0.1, -0.05) is 12.2 Å². The molecule has 0 aliphatic carbocycles. The van der Waals surface area contributed by atoms with Crippen molar-refractivity contribution in [3.63, 3.8) is 0 Å². The first-order chi connectivity index (χ1) is 32.8. The van der Waals surface area contributed by atoms with E-state index in [0.29, 0.717) is 105 Å². The molecular formula is C47H54N12O9. The number of carboxylic acids is 1. The van der Waals surface area contributed by atoms with Gasteiger partial charge in [-0.3, -0.25) is 38.7 Å². The van der Waals surface area contributed by atoms with Crippen molar-refractivity contribution in [1.29, 1.82) is 0 Å². The zero-order chi connectivity index (χ0) is 48.5. The van der Waals surface area contributed by atoms with Crippen molar-refractivity contribution >= 4 is 68.9 Å². The van der Waals surface area contributed by atoms with E-state index in [1.165, 1.54) is 0 Å². The second-order valence-electron chi connectivity index (χ2n) is 16.0. The summed E-state index contributed by atoms with van der Waals surface area (Å²) < 4.78 is 19.6. The highest BCUT2D eigenvalue weighted by molar-refractivity contribution is 6.12. The quantitative estimate of drug-likeness (QED) is 0.0304. The molecule has 0 aliphatic heterocycles. The van der Waals surface area contributed by atoms with Gasteiger partial charge in [-0.15, -0.1) is 0 Å². The van der Waals surface area contributed by atoms with E-state index in [9.17, 15) is 29.1 Å². The first kappa shape index (κ1) is 48.0. The molecular weight excluding hydrogens is 877 g/mol. The van der Waals surface area contributed by atoms with Crippen LogP contribution >= 0.6 is 0 Å². The molecule has 7 rings (SSSR count). The number of carboxylic acid groups (broad SMARTS) is 1. The number of allylic oxidation sites excluding steroid dienone is 2. The fraction of sp³-hybridized carbons (Fsp3) is 0.362. The highest BCUT2D eigenvalue weighted by Gasteiger charge is 2.23. The van der Waals surface area contributed by atoms with E-state index in [2.05, 4.69) is 20.8 Å². The molecule has 0 unspecified atom stereocenters. The summed E-state index contributed by atoms with van der Waals surface area (Å²) in [5.74, 6) is -1.04. The zero-order valence-electron chi connectivity index (χ0n) is 38.3. The maximum absolute atomic E-state index is 13.8. The number of anilines is 1. The summed E-state index contributed by atoms with van der Waals surface area (Å²) in [6.45, 7) is 9.45. The molecule has 0 saturated carbocycles. The molecule has 6 N–H and O–H groups in total. The standard InChI is InChI=1S/C47H54N12O9/c1-5-58-35(20-28(3)54-58)44-50-26-33-32-24-31(43(48)65)25-38(67-18-10-14-49-39(62)12-9-13-40(63)64)41(32)56(45(33)52-44)15-7-8-16-57-42-34(22-30(27-61)23-37(42)68-19-11-17-60)51-47(57)53-46(66)36-21-29(4)55-59(36)6-2/h7-8,20-27,60H,5-6,9-19H2,1-4H3,(H2,48,65)(H,49,62)(H,63,64)(H,51,53,66)/b8-7+. The van der Waals surface area contributed by atoms with Gasteiger partial charge >= 0.3 is 5.97 Å². The van der Waals surface area contributed by atoms with Crippen LogP contribution in [0.1, 0.15) is 88.5 Å².